The van der Waals surface area contributed by atoms with Crippen LogP contribution < -0.4 is 10.6 Å². The number of nitrogens with zero attached hydrogens (tertiary/aromatic N) is 1. The monoisotopic (exact) mass is 415 g/mol. The molecule has 5 nitrogen and oxygen atoms in total. The fraction of sp³-hybridized carbons (Fsp3) is 0.611. The Balaban J connectivity index is 1.54. The molecule has 140 valence electrons. The van der Waals surface area contributed by atoms with E-state index in [1.54, 1.807) is 7.05 Å². The molecule has 2 rings (SSSR count). The zero-order chi connectivity index (χ0) is 17.9. The van der Waals surface area contributed by atoms with Crippen LogP contribution in [0.4, 0.5) is 4.39 Å². The Labute approximate surface area is 157 Å². The third kappa shape index (κ3) is 7.71. The van der Waals surface area contributed by atoms with Gasteiger partial charge in [-0.2, -0.15) is 0 Å². The van der Waals surface area contributed by atoms with E-state index < -0.39 is 0 Å². The summed E-state index contributed by atoms with van der Waals surface area (Å²) in [7, 11) is 1.73. The van der Waals surface area contributed by atoms with Crippen molar-refractivity contribution in [3.8, 4) is 0 Å². The topological polar surface area (TPSA) is 54.9 Å². The number of rotatable bonds is 9. The smallest absolute Gasteiger partial charge is 0.191 e. The Morgan fingerprint density at radius 3 is 2.96 bits per heavy atom. The number of nitrogens with one attached hydrogen (secondary N) is 2. The highest BCUT2D eigenvalue weighted by atomic mass is 79.9. The Hall–Kier alpha value is -1.18. The standard InChI is InChI=1S/C18H27BrFN3O2/c1-21-18(23-9-11-24-13-16-5-3-10-25-16)22-8-2-4-14-6-7-15(19)12-17(14)20/h6-7,12,16H,2-5,8-11,13H2,1H3,(H2,21,22,23). The van der Waals surface area contributed by atoms with Crippen molar-refractivity contribution in [1.82, 2.24) is 10.6 Å². The van der Waals surface area contributed by atoms with Crippen molar-refractivity contribution in [2.75, 3.05) is 40.0 Å². The molecule has 0 spiro atoms. The number of hydrogen-bond donors (Lipinski definition) is 2. The molecular weight excluding hydrogens is 389 g/mol. The van der Waals surface area contributed by atoms with Gasteiger partial charge in [0.2, 0.25) is 0 Å². The minimum Gasteiger partial charge on any atom is -0.377 e. The molecule has 1 aliphatic rings. The van der Waals surface area contributed by atoms with Crippen molar-refractivity contribution in [3.05, 3.63) is 34.1 Å². The van der Waals surface area contributed by atoms with Gasteiger partial charge in [-0.15, -0.1) is 0 Å². The largest absolute Gasteiger partial charge is 0.377 e. The summed E-state index contributed by atoms with van der Waals surface area (Å²) in [5, 5.41) is 6.43. The van der Waals surface area contributed by atoms with Crippen LogP contribution in [0.1, 0.15) is 24.8 Å². The second-order valence-corrected chi connectivity index (χ2v) is 6.89. The van der Waals surface area contributed by atoms with E-state index >= 15 is 0 Å². The van der Waals surface area contributed by atoms with Gasteiger partial charge in [0, 0.05) is 31.2 Å². The van der Waals surface area contributed by atoms with Gasteiger partial charge in [-0.1, -0.05) is 22.0 Å². The average molecular weight is 416 g/mol. The highest BCUT2D eigenvalue weighted by Gasteiger charge is 2.14. The molecule has 1 aromatic carbocycles. The van der Waals surface area contributed by atoms with E-state index in [4.69, 9.17) is 9.47 Å². The molecule has 1 unspecified atom stereocenters. The van der Waals surface area contributed by atoms with E-state index in [9.17, 15) is 4.39 Å². The minimum absolute atomic E-state index is 0.166. The van der Waals surface area contributed by atoms with Crippen molar-refractivity contribution in [1.29, 1.82) is 0 Å². The maximum Gasteiger partial charge on any atom is 0.191 e. The maximum absolute atomic E-state index is 13.7. The Morgan fingerprint density at radius 1 is 1.40 bits per heavy atom. The fourth-order valence-electron chi connectivity index (χ4n) is 2.66. The number of halogens is 2. The third-order valence-corrected chi connectivity index (χ3v) is 4.51. The second kappa shape index (κ2) is 11.4. The van der Waals surface area contributed by atoms with E-state index in [0.717, 1.165) is 48.4 Å². The average Bonchev–Trinajstić information content (AvgIpc) is 3.11. The lowest BCUT2D eigenvalue weighted by Crippen LogP contribution is -2.39. The van der Waals surface area contributed by atoms with Crippen LogP contribution in [-0.4, -0.2) is 52.0 Å². The number of hydrogen-bond acceptors (Lipinski definition) is 3. The lowest BCUT2D eigenvalue weighted by atomic mass is 10.1. The minimum atomic E-state index is -0.166. The van der Waals surface area contributed by atoms with Crippen LogP contribution in [0.2, 0.25) is 0 Å². The SMILES string of the molecule is CN=C(NCCCc1ccc(Br)cc1F)NCCOCC1CCCO1. The Kier molecular flexibility index (Phi) is 9.21. The van der Waals surface area contributed by atoms with Crippen LogP contribution >= 0.6 is 15.9 Å². The Morgan fingerprint density at radius 2 is 2.24 bits per heavy atom. The van der Waals surface area contributed by atoms with Crippen LogP contribution in [-0.2, 0) is 15.9 Å². The van der Waals surface area contributed by atoms with Crippen molar-refractivity contribution in [2.24, 2.45) is 4.99 Å². The zero-order valence-corrected chi connectivity index (χ0v) is 16.3. The molecular formula is C18H27BrFN3O2. The fourth-order valence-corrected chi connectivity index (χ4v) is 3.00. The van der Waals surface area contributed by atoms with Gasteiger partial charge in [0.05, 0.1) is 19.3 Å². The highest BCUT2D eigenvalue weighted by molar-refractivity contribution is 9.10. The van der Waals surface area contributed by atoms with Crippen LogP contribution in [0, 0.1) is 5.82 Å². The summed E-state index contributed by atoms with van der Waals surface area (Å²) in [5.41, 5.74) is 0.732. The number of aliphatic imine (C=N–C) groups is 1. The normalized spacial score (nSPS) is 17.7. The van der Waals surface area contributed by atoms with Gasteiger partial charge in [-0.25, -0.2) is 4.39 Å². The summed E-state index contributed by atoms with van der Waals surface area (Å²) in [4.78, 5) is 4.17. The number of benzene rings is 1. The highest BCUT2D eigenvalue weighted by Crippen LogP contribution is 2.16. The van der Waals surface area contributed by atoms with Gasteiger partial charge in [-0.05, 0) is 43.4 Å². The molecule has 0 aromatic heterocycles. The van der Waals surface area contributed by atoms with E-state index in [-0.39, 0.29) is 11.9 Å². The van der Waals surface area contributed by atoms with E-state index in [2.05, 4.69) is 31.6 Å². The van der Waals surface area contributed by atoms with Crippen LogP contribution in [0.25, 0.3) is 0 Å². The van der Waals surface area contributed by atoms with Crippen molar-refractivity contribution in [2.45, 2.75) is 31.8 Å². The van der Waals surface area contributed by atoms with Crippen LogP contribution in [0.15, 0.2) is 27.7 Å². The van der Waals surface area contributed by atoms with Crippen LogP contribution in [0.5, 0.6) is 0 Å². The predicted molar refractivity (Wildman–Crippen MR) is 102 cm³/mol. The molecule has 1 heterocycles. The molecule has 1 saturated heterocycles. The predicted octanol–water partition coefficient (Wildman–Crippen LogP) is 2.88. The molecule has 1 aromatic rings. The second-order valence-electron chi connectivity index (χ2n) is 5.97. The molecule has 0 bridgehead atoms. The first-order chi connectivity index (χ1) is 12.2. The molecule has 25 heavy (non-hydrogen) atoms. The van der Waals surface area contributed by atoms with E-state index in [0.29, 0.717) is 26.2 Å². The maximum atomic E-state index is 13.7. The zero-order valence-electron chi connectivity index (χ0n) is 14.7. The van der Waals surface area contributed by atoms with Crippen LogP contribution in [0.3, 0.4) is 0 Å². The molecule has 1 atom stereocenters. The lowest BCUT2D eigenvalue weighted by molar-refractivity contribution is 0.0191. The third-order valence-electron chi connectivity index (χ3n) is 4.02. The summed E-state index contributed by atoms with van der Waals surface area (Å²) >= 11 is 3.27. The molecule has 0 amide bonds. The number of guanidine groups is 1. The van der Waals surface area contributed by atoms with Gasteiger partial charge < -0.3 is 20.1 Å². The molecule has 1 aliphatic heterocycles. The lowest BCUT2D eigenvalue weighted by Gasteiger charge is -2.13. The van der Waals surface area contributed by atoms with Gasteiger partial charge in [-0.3, -0.25) is 4.99 Å². The first-order valence-corrected chi connectivity index (χ1v) is 9.56. The molecule has 0 radical (unpaired) electrons. The number of aryl methyl sites for hydroxylation is 1. The first kappa shape index (κ1) is 20.1. The molecule has 1 fully saturated rings. The summed E-state index contributed by atoms with van der Waals surface area (Å²) in [6.07, 6.45) is 4.00. The van der Waals surface area contributed by atoms with Crippen molar-refractivity contribution in [3.63, 3.8) is 0 Å². The quantitative estimate of drug-likeness (QED) is 0.369. The van der Waals surface area contributed by atoms with Gasteiger partial charge >= 0.3 is 0 Å². The molecule has 0 saturated carbocycles. The van der Waals surface area contributed by atoms with E-state index in [1.807, 2.05) is 12.1 Å². The van der Waals surface area contributed by atoms with Gasteiger partial charge in [0.15, 0.2) is 5.96 Å². The Bertz CT molecular complexity index is 551. The van der Waals surface area contributed by atoms with Gasteiger partial charge in [0.1, 0.15) is 5.82 Å². The van der Waals surface area contributed by atoms with Gasteiger partial charge in [0.25, 0.3) is 0 Å². The number of ether oxygens (including phenoxy) is 2. The molecule has 2 N–H and O–H groups in total. The molecule has 7 heteroatoms. The van der Waals surface area contributed by atoms with E-state index in [1.165, 1.54) is 6.07 Å². The van der Waals surface area contributed by atoms with Crippen molar-refractivity contribution < 1.29 is 13.9 Å². The summed E-state index contributed by atoms with van der Waals surface area (Å²) < 4.78 is 25.6. The summed E-state index contributed by atoms with van der Waals surface area (Å²) in [5.74, 6) is 0.567. The molecule has 0 aliphatic carbocycles. The van der Waals surface area contributed by atoms with Crippen molar-refractivity contribution >= 4 is 21.9 Å². The summed E-state index contributed by atoms with van der Waals surface area (Å²) in [6, 6.07) is 5.18. The summed E-state index contributed by atoms with van der Waals surface area (Å²) in [6.45, 7) is 3.55. The first-order valence-electron chi connectivity index (χ1n) is 8.77.